The Morgan fingerprint density at radius 3 is 2.74 bits per heavy atom. The zero-order valence-electron chi connectivity index (χ0n) is 12.9. The van der Waals surface area contributed by atoms with Crippen LogP contribution in [-0.2, 0) is 4.74 Å². The monoisotopic (exact) mass is 260 g/mol. The SMILES string of the molecule is CC1=CC[C@H]([C@@H]2OC[C@@H]3C[C@H]2C(C)=C[C@@H]3C)[C@H](C)C1. The van der Waals surface area contributed by atoms with Crippen LogP contribution in [0.25, 0.3) is 0 Å². The number of hydrogen-bond acceptors (Lipinski definition) is 1. The van der Waals surface area contributed by atoms with Crippen molar-refractivity contribution in [2.45, 2.75) is 53.1 Å². The summed E-state index contributed by atoms with van der Waals surface area (Å²) in [7, 11) is 0. The number of ether oxygens (including phenoxy) is 1. The van der Waals surface area contributed by atoms with Crippen molar-refractivity contribution < 1.29 is 4.74 Å². The van der Waals surface area contributed by atoms with Gasteiger partial charge in [0.05, 0.1) is 12.7 Å². The molecule has 0 aromatic heterocycles. The van der Waals surface area contributed by atoms with Crippen LogP contribution >= 0.6 is 0 Å². The third kappa shape index (κ3) is 2.42. The van der Waals surface area contributed by atoms with E-state index in [4.69, 9.17) is 4.74 Å². The van der Waals surface area contributed by atoms with Gasteiger partial charge in [0.25, 0.3) is 0 Å². The van der Waals surface area contributed by atoms with Crippen LogP contribution in [0.4, 0.5) is 0 Å². The number of rotatable bonds is 1. The summed E-state index contributed by atoms with van der Waals surface area (Å²) in [5.74, 6) is 3.67. The summed E-state index contributed by atoms with van der Waals surface area (Å²) in [5.41, 5.74) is 3.16. The van der Waals surface area contributed by atoms with Gasteiger partial charge in [0.2, 0.25) is 0 Å². The van der Waals surface area contributed by atoms with Crippen molar-refractivity contribution >= 4 is 0 Å². The van der Waals surface area contributed by atoms with E-state index in [1.807, 2.05) is 0 Å². The van der Waals surface area contributed by atoms with Crippen LogP contribution in [0.2, 0.25) is 0 Å². The van der Waals surface area contributed by atoms with Gasteiger partial charge in [-0.25, -0.2) is 0 Å². The molecule has 0 N–H and O–H groups in total. The standard InChI is InChI=1S/C18H28O/c1-11-5-6-16(13(3)7-11)18-17-9-15(10-19-18)12(2)8-14(17)4/h5,8,12-13,15-18H,6-7,9-10H2,1-4H3/t12-,13+,15-,16-,17-,18-/m0/s1. The normalized spacial score (nSPS) is 46.5. The van der Waals surface area contributed by atoms with Gasteiger partial charge in [0.15, 0.2) is 0 Å². The quantitative estimate of drug-likeness (QED) is 0.626. The third-order valence-electron chi connectivity index (χ3n) is 5.85. The summed E-state index contributed by atoms with van der Waals surface area (Å²) in [6.07, 6.45) is 9.29. The molecule has 0 spiro atoms. The number of fused-ring (bicyclic) bond motifs is 2. The second-order valence-corrected chi connectivity index (χ2v) is 7.30. The van der Waals surface area contributed by atoms with Crippen molar-refractivity contribution in [3.63, 3.8) is 0 Å². The lowest BCUT2D eigenvalue weighted by atomic mass is 9.66. The number of allylic oxidation sites excluding steroid dienone is 3. The molecule has 1 aliphatic heterocycles. The average Bonchev–Trinajstić information content (AvgIpc) is 2.37. The van der Waals surface area contributed by atoms with E-state index in [0.29, 0.717) is 17.9 Å². The summed E-state index contributed by atoms with van der Waals surface area (Å²) in [6.45, 7) is 10.4. The molecule has 3 aliphatic rings. The van der Waals surface area contributed by atoms with E-state index < -0.39 is 0 Å². The lowest BCUT2D eigenvalue weighted by Gasteiger charge is -2.47. The summed E-state index contributed by atoms with van der Waals surface area (Å²) >= 11 is 0. The number of hydrogen-bond donors (Lipinski definition) is 0. The zero-order valence-corrected chi connectivity index (χ0v) is 12.9. The first-order valence-corrected chi connectivity index (χ1v) is 8.01. The van der Waals surface area contributed by atoms with Crippen LogP contribution in [0, 0.1) is 29.6 Å². The van der Waals surface area contributed by atoms with Gasteiger partial charge in [-0.2, -0.15) is 0 Å². The summed E-state index contributed by atoms with van der Waals surface area (Å²) in [6, 6.07) is 0. The van der Waals surface area contributed by atoms with Gasteiger partial charge < -0.3 is 4.74 Å². The van der Waals surface area contributed by atoms with E-state index >= 15 is 0 Å². The molecule has 0 unspecified atom stereocenters. The van der Waals surface area contributed by atoms with Crippen molar-refractivity contribution in [3.8, 4) is 0 Å². The van der Waals surface area contributed by atoms with Crippen molar-refractivity contribution in [1.82, 2.24) is 0 Å². The van der Waals surface area contributed by atoms with Gasteiger partial charge in [0, 0.05) is 5.92 Å². The lowest BCUT2D eigenvalue weighted by Crippen LogP contribution is -2.46. The first-order chi connectivity index (χ1) is 9.06. The van der Waals surface area contributed by atoms with Crippen molar-refractivity contribution in [3.05, 3.63) is 23.3 Å². The minimum absolute atomic E-state index is 0.472. The molecule has 1 saturated heterocycles. The second-order valence-electron chi connectivity index (χ2n) is 7.30. The molecule has 1 heteroatoms. The Morgan fingerprint density at radius 1 is 1.21 bits per heavy atom. The van der Waals surface area contributed by atoms with Crippen LogP contribution < -0.4 is 0 Å². The van der Waals surface area contributed by atoms with E-state index in [2.05, 4.69) is 39.8 Å². The topological polar surface area (TPSA) is 9.23 Å². The Balaban J connectivity index is 1.81. The molecule has 3 rings (SSSR count). The lowest BCUT2D eigenvalue weighted by molar-refractivity contribution is -0.0982. The molecule has 2 bridgehead atoms. The summed E-state index contributed by atoms with van der Waals surface area (Å²) < 4.78 is 6.36. The Hall–Kier alpha value is -0.560. The maximum atomic E-state index is 6.36. The van der Waals surface area contributed by atoms with Crippen molar-refractivity contribution in [2.24, 2.45) is 29.6 Å². The summed E-state index contributed by atoms with van der Waals surface area (Å²) in [4.78, 5) is 0. The highest BCUT2D eigenvalue weighted by atomic mass is 16.5. The molecule has 106 valence electrons. The Kier molecular flexibility index (Phi) is 3.59. The fourth-order valence-corrected chi connectivity index (χ4v) is 4.56. The third-order valence-corrected chi connectivity index (χ3v) is 5.85. The molecule has 1 nitrogen and oxygen atoms in total. The van der Waals surface area contributed by atoms with Crippen LogP contribution in [0.15, 0.2) is 23.3 Å². The highest BCUT2D eigenvalue weighted by molar-refractivity contribution is 5.17. The smallest absolute Gasteiger partial charge is 0.0674 e. The van der Waals surface area contributed by atoms with E-state index in [1.54, 1.807) is 11.1 Å². The predicted molar refractivity (Wildman–Crippen MR) is 79.9 cm³/mol. The maximum Gasteiger partial charge on any atom is 0.0674 e. The second kappa shape index (κ2) is 5.09. The Labute approximate surface area is 118 Å². The van der Waals surface area contributed by atoms with Crippen LogP contribution in [-0.4, -0.2) is 12.7 Å². The first-order valence-electron chi connectivity index (χ1n) is 8.01. The van der Waals surface area contributed by atoms with E-state index in [9.17, 15) is 0 Å². The van der Waals surface area contributed by atoms with Gasteiger partial charge in [-0.3, -0.25) is 0 Å². The molecule has 0 radical (unpaired) electrons. The van der Waals surface area contributed by atoms with Gasteiger partial charge in [0.1, 0.15) is 0 Å². The molecular weight excluding hydrogens is 232 g/mol. The Bertz CT molecular complexity index is 406. The van der Waals surface area contributed by atoms with Gasteiger partial charge in [-0.15, -0.1) is 0 Å². The molecule has 0 saturated carbocycles. The molecular formula is C18H28O. The Morgan fingerprint density at radius 2 is 2.00 bits per heavy atom. The largest absolute Gasteiger partial charge is 0.377 e. The first kappa shape index (κ1) is 13.4. The van der Waals surface area contributed by atoms with Crippen LogP contribution in [0.1, 0.15) is 47.0 Å². The van der Waals surface area contributed by atoms with Crippen molar-refractivity contribution in [1.29, 1.82) is 0 Å². The average molecular weight is 260 g/mol. The van der Waals surface area contributed by atoms with Crippen LogP contribution in [0.3, 0.4) is 0 Å². The highest BCUT2D eigenvalue weighted by Gasteiger charge is 2.42. The highest BCUT2D eigenvalue weighted by Crippen LogP contribution is 2.45. The molecule has 1 fully saturated rings. The fraction of sp³-hybridized carbons (Fsp3) is 0.778. The minimum Gasteiger partial charge on any atom is -0.377 e. The minimum atomic E-state index is 0.472. The van der Waals surface area contributed by atoms with E-state index in [0.717, 1.165) is 24.4 Å². The molecule has 6 atom stereocenters. The summed E-state index contributed by atoms with van der Waals surface area (Å²) in [5, 5.41) is 0. The predicted octanol–water partition coefficient (Wildman–Crippen LogP) is 4.60. The van der Waals surface area contributed by atoms with Gasteiger partial charge >= 0.3 is 0 Å². The zero-order chi connectivity index (χ0) is 13.6. The molecule has 2 aliphatic carbocycles. The molecule has 19 heavy (non-hydrogen) atoms. The van der Waals surface area contributed by atoms with E-state index in [1.165, 1.54) is 19.3 Å². The fourth-order valence-electron chi connectivity index (χ4n) is 4.56. The maximum absolute atomic E-state index is 6.36. The van der Waals surface area contributed by atoms with Crippen molar-refractivity contribution in [2.75, 3.05) is 6.61 Å². The molecule has 1 heterocycles. The van der Waals surface area contributed by atoms with Crippen LogP contribution in [0.5, 0.6) is 0 Å². The molecule has 0 amide bonds. The van der Waals surface area contributed by atoms with Gasteiger partial charge in [-0.05, 0) is 56.8 Å². The molecule has 0 aromatic carbocycles. The molecule has 0 aromatic rings. The van der Waals surface area contributed by atoms with E-state index in [-0.39, 0.29) is 0 Å². The van der Waals surface area contributed by atoms with Gasteiger partial charge in [-0.1, -0.05) is 37.1 Å².